The molecule has 0 bridgehead atoms. The number of aryl methyl sites for hydroxylation is 1. The summed E-state index contributed by atoms with van der Waals surface area (Å²) in [5.74, 6) is -1.75. The Kier molecular flexibility index (Phi) is 7.87. The summed E-state index contributed by atoms with van der Waals surface area (Å²) < 4.78 is 43.3. The normalized spacial score (nSPS) is 15.6. The Morgan fingerprint density at radius 2 is 1.74 bits per heavy atom. The summed E-state index contributed by atoms with van der Waals surface area (Å²) in [5, 5.41) is 1.30. The topological polar surface area (TPSA) is 87.7 Å². The number of anilines is 1. The maximum atomic E-state index is 13.8. The largest absolute Gasteiger partial charge is 0.274 e. The first-order chi connectivity index (χ1) is 20.6. The molecule has 0 saturated carbocycles. The van der Waals surface area contributed by atoms with Crippen molar-refractivity contribution in [2.24, 2.45) is 0 Å². The molecule has 5 aromatic rings. The van der Waals surface area contributed by atoms with E-state index in [1.54, 1.807) is 59.9 Å². The molecule has 1 fully saturated rings. The van der Waals surface area contributed by atoms with Crippen LogP contribution in [0.15, 0.2) is 95.9 Å². The van der Waals surface area contributed by atoms with Crippen LogP contribution in [0, 0.1) is 12.7 Å². The van der Waals surface area contributed by atoms with E-state index in [1.807, 2.05) is 19.1 Å². The molecule has 1 aliphatic heterocycles. The second-order valence-corrected chi connectivity index (χ2v) is 13.6. The number of hydrogen-bond donors (Lipinski definition) is 0. The zero-order chi connectivity index (χ0) is 30.3. The van der Waals surface area contributed by atoms with Crippen LogP contribution in [0.1, 0.15) is 17.5 Å². The van der Waals surface area contributed by atoms with Crippen LogP contribution in [-0.4, -0.2) is 42.1 Å². The Balaban J connectivity index is 1.29. The third kappa shape index (κ3) is 5.83. The third-order valence-corrected chi connectivity index (χ3v) is 10.5. The van der Waals surface area contributed by atoms with Crippen molar-refractivity contribution in [2.45, 2.75) is 30.7 Å². The molecule has 0 aliphatic carbocycles. The number of rotatable bonds is 8. The van der Waals surface area contributed by atoms with Crippen LogP contribution in [0.5, 0.6) is 0 Å². The number of nitrogens with zero attached hydrogens (tertiary/aromatic N) is 3. The fraction of sp³-hybridized carbons (Fsp3) is 0.156. The van der Waals surface area contributed by atoms with Crippen molar-refractivity contribution in [1.29, 1.82) is 0 Å². The van der Waals surface area contributed by atoms with Crippen molar-refractivity contribution in [3.8, 4) is 10.6 Å². The van der Waals surface area contributed by atoms with E-state index in [0.717, 1.165) is 65.4 Å². The highest BCUT2D eigenvalue weighted by Crippen LogP contribution is 2.34. The summed E-state index contributed by atoms with van der Waals surface area (Å²) >= 11 is 7.67. The number of thiazole rings is 1. The van der Waals surface area contributed by atoms with Gasteiger partial charge in [0.1, 0.15) is 16.9 Å². The van der Waals surface area contributed by atoms with Gasteiger partial charge in [0, 0.05) is 17.1 Å². The number of fused-ring (bicyclic) bond motifs is 1. The van der Waals surface area contributed by atoms with Gasteiger partial charge in [-0.2, -0.15) is 4.31 Å². The average Bonchev–Trinajstić information content (AvgIpc) is 3.53. The molecular formula is C32H25ClFN3O4S2. The van der Waals surface area contributed by atoms with Crippen molar-refractivity contribution >= 4 is 60.7 Å². The van der Waals surface area contributed by atoms with Gasteiger partial charge in [-0.1, -0.05) is 29.8 Å². The molecule has 7 nitrogen and oxygen atoms in total. The van der Waals surface area contributed by atoms with Crippen molar-refractivity contribution in [3.05, 3.63) is 113 Å². The molecule has 0 spiro atoms. The lowest BCUT2D eigenvalue weighted by Crippen LogP contribution is -2.46. The fourth-order valence-corrected chi connectivity index (χ4v) is 8.00. The highest BCUT2D eigenvalue weighted by atomic mass is 35.5. The molecule has 1 aliphatic rings. The molecule has 6 rings (SSSR count). The van der Waals surface area contributed by atoms with Crippen molar-refractivity contribution in [1.82, 2.24) is 9.29 Å². The van der Waals surface area contributed by atoms with Crippen LogP contribution >= 0.6 is 22.9 Å². The molecule has 1 unspecified atom stereocenters. The summed E-state index contributed by atoms with van der Waals surface area (Å²) in [6, 6.07) is 23.1. The number of hydrogen-bond acceptors (Lipinski definition) is 6. The quantitative estimate of drug-likeness (QED) is 0.179. The zero-order valence-corrected chi connectivity index (χ0v) is 25.3. The van der Waals surface area contributed by atoms with E-state index in [-0.39, 0.29) is 24.3 Å². The molecule has 4 aromatic carbocycles. The van der Waals surface area contributed by atoms with Crippen molar-refractivity contribution in [3.63, 3.8) is 0 Å². The Morgan fingerprint density at radius 1 is 1.00 bits per heavy atom. The van der Waals surface area contributed by atoms with E-state index >= 15 is 0 Å². The minimum atomic E-state index is -4.28. The van der Waals surface area contributed by atoms with Gasteiger partial charge in [-0.3, -0.25) is 9.59 Å². The van der Waals surface area contributed by atoms with Gasteiger partial charge in [-0.25, -0.2) is 22.7 Å². The highest BCUT2D eigenvalue weighted by Gasteiger charge is 2.46. The zero-order valence-electron chi connectivity index (χ0n) is 22.9. The number of carbonyl (C=O) groups is 2. The molecule has 1 saturated heterocycles. The van der Waals surface area contributed by atoms with Crippen molar-refractivity contribution in [2.75, 3.05) is 11.4 Å². The summed E-state index contributed by atoms with van der Waals surface area (Å²) in [5.41, 5.74) is 3.97. The molecule has 43 heavy (non-hydrogen) atoms. The van der Waals surface area contributed by atoms with Gasteiger partial charge in [-0.15, -0.1) is 11.3 Å². The molecule has 0 N–H and O–H groups in total. The predicted molar refractivity (Wildman–Crippen MR) is 166 cm³/mol. The number of aromatic nitrogens is 1. The number of benzene rings is 4. The number of halogens is 2. The van der Waals surface area contributed by atoms with Crippen molar-refractivity contribution < 1.29 is 22.4 Å². The van der Waals surface area contributed by atoms with Gasteiger partial charge in [0.05, 0.1) is 27.2 Å². The van der Waals surface area contributed by atoms with E-state index in [2.05, 4.69) is 6.07 Å². The van der Waals surface area contributed by atoms with E-state index in [1.165, 1.54) is 0 Å². The van der Waals surface area contributed by atoms with Gasteiger partial charge in [0.25, 0.3) is 5.91 Å². The summed E-state index contributed by atoms with van der Waals surface area (Å²) in [6.45, 7) is 1.93. The van der Waals surface area contributed by atoms with E-state index in [4.69, 9.17) is 16.6 Å². The van der Waals surface area contributed by atoms with Crippen LogP contribution in [0.3, 0.4) is 0 Å². The molecule has 11 heteroatoms. The third-order valence-electron chi connectivity index (χ3n) is 7.32. The second kappa shape index (κ2) is 11.6. The average molecular weight is 634 g/mol. The van der Waals surface area contributed by atoms with Crippen LogP contribution in [0.2, 0.25) is 5.02 Å². The Morgan fingerprint density at radius 3 is 2.47 bits per heavy atom. The fourth-order valence-electron chi connectivity index (χ4n) is 5.14. The van der Waals surface area contributed by atoms with Crippen LogP contribution in [0.4, 0.5) is 10.1 Å². The smallest absolute Gasteiger partial charge is 0.252 e. The minimum Gasteiger partial charge on any atom is -0.274 e. The lowest BCUT2D eigenvalue weighted by Gasteiger charge is -2.27. The summed E-state index contributed by atoms with van der Waals surface area (Å²) in [6.07, 6.45) is -0.0802. The van der Waals surface area contributed by atoms with Gasteiger partial charge in [-0.05, 0) is 97.3 Å². The SMILES string of the molecule is Cc1ccc2nc(-c3ccc(N4C(=O)CC(N(CCc5cccc(Cl)c5)S(=O)(=O)c5ccc(F)cc5)C4=O)cc3)sc2c1. The first-order valence-corrected chi connectivity index (χ1v) is 16.1. The molecule has 0 radical (unpaired) electrons. The first-order valence-electron chi connectivity index (χ1n) is 13.5. The first kappa shape index (κ1) is 29.1. The van der Waals surface area contributed by atoms with E-state index in [9.17, 15) is 22.4 Å². The Hall–Kier alpha value is -3.96. The standard InChI is InChI=1S/C32H25ClFN3O4S2/c1-20-5-14-27-29(17-20)42-31(35-27)22-6-10-25(11-7-22)37-30(38)19-28(32(37)39)36(16-15-21-3-2-4-23(33)18-21)43(40,41)26-12-8-24(34)9-13-26/h2-14,17-18,28H,15-16,19H2,1H3. The van der Waals surface area contributed by atoms with Gasteiger partial charge < -0.3 is 0 Å². The molecular weight excluding hydrogens is 609 g/mol. The molecule has 2 amide bonds. The van der Waals surface area contributed by atoms with Crippen LogP contribution in [0.25, 0.3) is 20.8 Å². The van der Waals surface area contributed by atoms with Crippen LogP contribution < -0.4 is 4.90 Å². The summed E-state index contributed by atoms with van der Waals surface area (Å²) in [7, 11) is -4.28. The number of carbonyl (C=O) groups excluding carboxylic acids is 2. The number of imide groups is 1. The maximum Gasteiger partial charge on any atom is 0.252 e. The lowest BCUT2D eigenvalue weighted by atomic mass is 10.1. The van der Waals surface area contributed by atoms with E-state index in [0.29, 0.717) is 10.7 Å². The monoisotopic (exact) mass is 633 g/mol. The van der Waals surface area contributed by atoms with Crippen LogP contribution in [-0.2, 0) is 26.0 Å². The highest BCUT2D eigenvalue weighted by molar-refractivity contribution is 7.89. The Bertz CT molecular complexity index is 1960. The minimum absolute atomic E-state index is 0.0897. The predicted octanol–water partition coefficient (Wildman–Crippen LogP) is 6.63. The molecule has 2 heterocycles. The maximum absolute atomic E-state index is 13.8. The summed E-state index contributed by atoms with van der Waals surface area (Å²) in [4.78, 5) is 32.6. The van der Waals surface area contributed by atoms with Gasteiger partial charge in [0.15, 0.2) is 0 Å². The molecule has 1 aromatic heterocycles. The molecule has 1 atom stereocenters. The van der Waals surface area contributed by atoms with Gasteiger partial charge >= 0.3 is 0 Å². The lowest BCUT2D eigenvalue weighted by molar-refractivity contribution is -0.122. The second-order valence-electron chi connectivity index (χ2n) is 10.3. The van der Waals surface area contributed by atoms with Gasteiger partial charge in [0.2, 0.25) is 15.9 Å². The van der Waals surface area contributed by atoms with E-state index < -0.39 is 33.7 Å². The Labute approximate surface area is 257 Å². The number of sulfonamides is 1. The molecule has 218 valence electrons. The number of amides is 2.